The van der Waals surface area contributed by atoms with Gasteiger partial charge in [0.25, 0.3) is 0 Å². The Balaban J connectivity index is 4.42. The van der Waals surface area contributed by atoms with Crippen molar-refractivity contribution in [1.82, 2.24) is 0 Å². The van der Waals surface area contributed by atoms with Gasteiger partial charge >= 0.3 is 17.9 Å². The zero-order chi connectivity index (χ0) is 55.7. The summed E-state index contributed by atoms with van der Waals surface area (Å²) in [6.45, 7) is 6.31. The van der Waals surface area contributed by atoms with E-state index in [9.17, 15) is 14.4 Å². The third kappa shape index (κ3) is 62.0. The number of carbonyl (C=O) groups excluding carboxylic acids is 3. The normalized spacial score (nSPS) is 13.1. The standard InChI is InChI=1S/C71H114O6/c1-4-7-10-13-16-19-22-25-27-29-31-32-33-34-35-36-37-38-40-41-43-46-49-52-55-58-61-64-70(73)76-67-68(66-75-69(72)63-60-57-54-51-48-45-24-21-18-15-12-9-6-3)77-71(74)65-62-59-56-53-50-47-44-42-39-30-28-26-23-20-17-14-11-8-5-2/h8-9,11-12,17-18,20-22,25-26,28-29,31,33-34,39,42,45,47-48,50,56,59,68H,4-7,10,13-16,19,23-24,27,30,32,35-38,40-41,43-44,46,49,51-55,57-58,60-67H2,1-3H3/b11-8-,12-9-,20-17-,21-18-,25-22-,28-26-,31-29-,34-33-,42-39-,48-45-,50-47-,59-56-. The zero-order valence-corrected chi connectivity index (χ0v) is 49.7. The fourth-order valence-electron chi connectivity index (χ4n) is 8.20. The average Bonchev–Trinajstić information content (AvgIpc) is 3.43. The van der Waals surface area contributed by atoms with Crippen LogP contribution < -0.4 is 0 Å². The molecule has 0 aliphatic rings. The molecule has 1 unspecified atom stereocenters. The third-order valence-electron chi connectivity index (χ3n) is 12.8. The molecular weight excluding hydrogens is 949 g/mol. The summed E-state index contributed by atoms with van der Waals surface area (Å²) in [5, 5.41) is 0. The Labute approximate surface area is 474 Å². The first kappa shape index (κ1) is 72.3. The predicted molar refractivity (Wildman–Crippen MR) is 334 cm³/mol. The molecule has 0 radical (unpaired) electrons. The molecule has 0 heterocycles. The lowest BCUT2D eigenvalue weighted by Gasteiger charge is -2.18. The maximum absolute atomic E-state index is 12.9. The van der Waals surface area contributed by atoms with Gasteiger partial charge in [0.2, 0.25) is 0 Å². The second-order valence-electron chi connectivity index (χ2n) is 20.2. The van der Waals surface area contributed by atoms with Crippen molar-refractivity contribution < 1.29 is 28.6 Å². The van der Waals surface area contributed by atoms with Crippen molar-refractivity contribution in [1.29, 1.82) is 0 Å². The highest BCUT2D eigenvalue weighted by atomic mass is 16.6. The van der Waals surface area contributed by atoms with Crippen LogP contribution in [0.1, 0.15) is 265 Å². The van der Waals surface area contributed by atoms with Crippen LogP contribution in [0.15, 0.2) is 146 Å². The summed E-state index contributed by atoms with van der Waals surface area (Å²) in [6.07, 6.45) is 91.6. The molecule has 77 heavy (non-hydrogen) atoms. The summed E-state index contributed by atoms with van der Waals surface area (Å²) in [5.41, 5.74) is 0. The molecule has 0 aromatic carbocycles. The van der Waals surface area contributed by atoms with Crippen LogP contribution in [-0.4, -0.2) is 37.2 Å². The van der Waals surface area contributed by atoms with E-state index in [4.69, 9.17) is 14.2 Å². The molecular formula is C71H114O6. The molecule has 0 amide bonds. The van der Waals surface area contributed by atoms with Crippen LogP contribution in [0.3, 0.4) is 0 Å². The molecule has 1 atom stereocenters. The SMILES string of the molecule is CC/C=C\C/C=C\C/C=C\C/C=C\C/C=C\C/C=C\CCC(=O)OC(COC(=O)CCCCC/C=C\C/C=C\C/C=C\CC)COC(=O)CCCCCCCCCCCCCC/C=C\C/C=C\C/C=C\CCCCCCC. The van der Waals surface area contributed by atoms with Gasteiger partial charge in [0.05, 0.1) is 0 Å². The second-order valence-corrected chi connectivity index (χ2v) is 20.2. The summed E-state index contributed by atoms with van der Waals surface area (Å²) >= 11 is 0. The largest absolute Gasteiger partial charge is 0.462 e. The van der Waals surface area contributed by atoms with Gasteiger partial charge in [-0.05, 0) is 128 Å². The maximum atomic E-state index is 12.9. The topological polar surface area (TPSA) is 78.9 Å². The van der Waals surface area contributed by atoms with E-state index in [1.54, 1.807) is 0 Å². The van der Waals surface area contributed by atoms with Crippen LogP contribution in [0.25, 0.3) is 0 Å². The minimum Gasteiger partial charge on any atom is -0.462 e. The van der Waals surface area contributed by atoms with Crippen LogP contribution >= 0.6 is 0 Å². The third-order valence-corrected chi connectivity index (χ3v) is 12.8. The monoisotopic (exact) mass is 1060 g/mol. The quantitative estimate of drug-likeness (QED) is 0.0261. The van der Waals surface area contributed by atoms with E-state index < -0.39 is 12.1 Å². The van der Waals surface area contributed by atoms with Crippen LogP contribution in [0.5, 0.6) is 0 Å². The Hall–Kier alpha value is -4.71. The Morgan fingerprint density at radius 2 is 0.532 bits per heavy atom. The highest BCUT2D eigenvalue weighted by molar-refractivity contribution is 5.71. The Morgan fingerprint density at radius 1 is 0.273 bits per heavy atom. The molecule has 6 nitrogen and oxygen atoms in total. The Morgan fingerprint density at radius 3 is 0.857 bits per heavy atom. The number of rotatable bonds is 55. The first-order valence-electron chi connectivity index (χ1n) is 31.3. The number of carbonyl (C=O) groups is 3. The fourth-order valence-corrected chi connectivity index (χ4v) is 8.20. The number of ether oxygens (including phenoxy) is 3. The summed E-state index contributed by atoms with van der Waals surface area (Å²) < 4.78 is 16.8. The van der Waals surface area contributed by atoms with E-state index in [-0.39, 0.29) is 31.6 Å². The molecule has 0 saturated carbocycles. The molecule has 0 spiro atoms. The van der Waals surface area contributed by atoms with E-state index in [1.165, 1.54) is 103 Å². The van der Waals surface area contributed by atoms with Crippen molar-refractivity contribution in [2.75, 3.05) is 13.2 Å². The predicted octanol–water partition coefficient (Wildman–Crippen LogP) is 21.5. The molecule has 0 rings (SSSR count). The lowest BCUT2D eigenvalue weighted by atomic mass is 10.0. The minimum atomic E-state index is -0.838. The van der Waals surface area contributed by atoms with Crippen LogP contribution in [0, 0.1) is 0 Å². The zero-order valence-electron chi connectivity index (χ0n) is 49.7. The van der Waals surface area contributed by atoms with E-state index >= 15 is 0 Å². The molecule has 0 N–H and O–H groups in total. The van der Waals surface area contributed by atoms with Crippen molar-refractivity contribution in [2.45, 2.75) is 271 Å². The van der Waals surface area contributed by atoms with Gasteiger partial charge in [-0.2, -0.15) is 0 Å². The van der Waals surface area contributed by atoms with Crippen molar-refractivity contribution in [3.8, 4) is 0 Å². The van der Waals surface area contributed by atoms with Gasteiger partial charge in [0.1, 0.15) is 13.2 Å². The molecule has 0 aliphatic carbocycles. The maximum Gasteiger partial charge on any atom is 0.306 e. The lowest BCUT2D eigenvalue weighted by Crippen LogP contribution is -2.30. The van der Waals surface area contributed by atoms with Gasteiger partial charge in [0, 0.05) is 19.3 Å². The Bertz CT molecular complexity index is 1700. The van der Waals surface area contributed by atoms with Gasteiger partial charge in [-0.1, -0.05) is 263 Å². The lowest BCUT2D eigenvalue weighted by molar-refractivity contribution is -0.166. The number of hydrogen-bond donors (Lipinski definition) is 0. The van der Waals surface area contributed by atoms with Gasteiger partial charge in [-0.3, -0.25) is 14.4 Å². The smallest absolute Gasteiger partial charge is 0.306 e. The summed E-state index contributed by atoms with van der Waals surface area (Å²) in [5.74, 6) is -1.04. The highest BCUT2D eigenvalue weighted by Gasteiger charge is 2.19. The highest BCUT2D eigenvalue weighted by Crippen LogP contribution is 2.15. The van der Waals surface area contributed by atoms with Gasteiger partial charge in [0.15, 0.2) is 6.10 Å². The van der Waals surface area contributed by atoms with Crippen LogP contribution in [0.4, 0.5) is 0 Å². The molecule has 0 bridgehead atoms. The van der Waals surface area contributed by atoms with Gasteiger partial charge < -0.3 is 14.2 Å². The molecule has 0 aliphatic heterocycles. The first-order valence-corrected chi connectivity index (χ1v) is 31.3. The van der Waals surface area contributed by atoms with Crippen LogP contribution in [0.2, 0.25) is 0 Å². The molecule has 0 fully saturated rings. The Kier molecular flexibility index (Phi) is 59.9. The molecule has 6 heteroatoms. The van der Waals surface area contributed by atoms with Crippen molar-refractivity contribution >= 4 is 17.9 Å². The molecule has 0 aromatic rings. The van der Waals surface area contributed by atoms with Crippen molar-refractivity contribution in [3.05, 3.63) is 146 Å². The van der Waals surface area contributed by atoms with Gasteiger partial charge in [-0.25, -0.2) is 0 Å². The minimum absolute atomic E-state index is 0.124. The summed E-state index contributed by atoms with van der Waals surface area (Å²) in [7, 11) is 0. The summed E-state index contributed by atoms with van der Waals surface area (Å²) in [4.78, 5) is 38.2. The molecule has 434 valence electrons. The van der Waals surface area contributed by atoms with Crippen molar-refractivity contribution in [3.63, 3.8) is 0 Å². The average molecular weight is 1060 g/mol. The number of allylic oxidation sites excluding steroid dienone is 24. The fraction of sp³-hybridized carbons (Fsp3) is 0.620. The summed E-state index contributed by atoms with van der Waals surface area (Å²) in [6, 6.07) is 0. The van der Waals surface area contributed by atoms with E-state index in [0.29, 0.717) is 19.3 Å². The number of hydrogen-bond acceptors (Lipinski definition) is 6. The van der Waals surface area contributed by atoms with Crippen molar-refractivity contribution in [2.24, 2.45) is 0 Å². The van der Waals surface area contributed by atoms with Gasteiger partial charge in [-0.15, -0.1) is 0 Å². The van der Waals surface area contributed by atoms with E-state index in [0.717, 1.165) is 116 Å². The first-order chi connectivity index (χ1) is 38.0. The number of unbranched alkanes of at least 4 members (excludes halogenated alkanes) is 20. The number of esters is 3. The molecule has 0 aromatic heterocycles. The molecule has 0 saturated heterocycles. The van der Waals surface area contributed by atoms with E-state index in [2.05, 4.69) is 154 Å². The van der Waals surface area contributed by atoms with E-state index in [1.807, 2.05) is 12.2 Å². The van der Waals surface area contributed by atoms with Crippen LogP contribution in [-0.2, 0) is 28.6 Å². The second kappa shape index (κ2) is 63.8.